The van der Waals surface area contributed by atoms with E-state index in [0.29, 0.717) is 10.8 Å². The standard InChI is InChI=1S/C11H13ClN2O4/c12-8-2-1-3-9(6-8)17-5-4-11(16)14-18-7-10(13)15/h1-3,6H,4-5,7H2,(H2,13,15)(H,14,16). The van der Waals surface area contributed by atoms with E-state index >= 15 is 0 Å². The van der Waals surface area contributed by atoms with E-state index < -0.39 is 11.8 Å². The first-order valence-corrected chi connectivity index (χ1v) is 5.53. The van der Waals surface area contributed by atoms with E-state index in [0.717, 1.165) is 0 Å². The number of carbonyl (C=O) groups excluding carboxylic acids is 2. The van der Waals surface area contributed by atoms with Gasteiger partial charge >= 0.3 is 0 Å². The Labute approximate surface area is 109 Å². The van der Waals surface area contributed by atoms with Gasteiger partial charge < -0.3 is 10.5 Å². The topological polar surface area (TPSA) is 90.7 Å². The Balaban J connectivity index is 2.17. The second-order valence-electron chi connectivity index (χ2n) is 3.34. The van der Waals surface area contributed by atoms with Gasteiger partial charge in [0.25, 0.3) is 0 Å². The summed E-state index contributed by atoms with van der Waals surface area (Å²) in [7, 11) is 0. The average Bonchev–Trinajstić information content (AvgIpc) is 2.28. The number of nitrogens with two attached hydrogens (primary N) is 1. The SMILES string of the molecule is NC(=O)CONC(=O)CCOc1cccc(Cl)c1. The van der Waals surface area contributed by atoms with Crippen molar-refractivity contribution in [1.29, 1.82) is 0 Å². The predicted molar refractivity (Wildman–Crippen MR) is 64.9 cm³/mol. The quantitative estimate of drug-likeness (QED) is 0.713. The normalized spacial score (nSPS) is 9.83. The molecule has 0 saturated heterocycles. The molecule has 0 bridgehead atoms. The van der Waals surface area contributed by atoms with Gasteiger partial charge in [-0.2, -0.15) is 0 Å². The van der Waals surface area contributed by atoms with Gasteiger partial charge in [-0.05, 0) is 18.2 Å². The number of halogens is 1. The van der Waals surface area contributed by atoms with Crippen molar-refractivity contribution in [2.24, 2.45) is 5.73 Å². The maximum Gasteiger partial charge on any atom is 0.246 e. The number of nitrogens with one attached hydrogen (secondary N) is 1. The van der Waals surface area contributed by atoms with Gasteiger partial charge in [0.2, 0.25) is 11.8 Å². The molecule has 98 valence electrons. The third kappa shape index (κ3) is 6.07. The van der Waals surface area contributed by atoms with Gasteiger partial charge in [0.05, 0.1) is 13.0 Å². The molecule has 1 aromatic carbocycles. The van der Waals surface area contributed by atoms with Crippen molar-refractivity contribution in [3.8, 4) is 5.75 Å². The maximum absolute atomic E-state index is 11.2. The molecular formula is C11H13ClN2O4. The average molecular weight is 273 g/mol. The Morgan fingerprint density at radius 3 is 2.83 bits per heavy atom. The maximum atomic E-state index is 11.2. The molecule has 1 rings (SSSR count). The number of hydrogen-bond donors (Lipinski definition) is 2. The van der Waals surface area contributed by atoms with E-state index in [2.05, 4.69) is 10.3 Å². The lowest BCUT2D eigenvalue weighted by Gasteiger charge is -2.06. The van der Waals surface area contributed by atoms with Crippen LogP contribution in [-0.2, 0) is 14.4 Å². The molecule has 0 aliphatic carbocycles. The van der Waals surface area contributed by atoms with Gasteiger partial charge in [-0.15, -0.1) is 0 Å². The molecule has 1 aromatic rings. The highest BCUT2D eigenvalue weighted by Crippen LogP contribution is 2.16. The molecule has 0 aromatic heterocycles. The summed E-state index contributed by atoms with van der Waals surface area (Å²) in [5.74, 6) is -0.489. The summed E-state index contributed by atoms with van der Waals surface area (Å²) in [6.07, 6.45) is 0.0886. The number of rotatable bonds is 7. The van der Waals surface area contributed by atoms with Crippen molar-refractivity contribution < 1.29 is 19.2 Å². The van der Waals surface area contributed by atoms with Gasteiger partial charge in [0.1, 0.15) is 5.75 Å². The molecule has 0 aliphatic rings. The van der Waals surface area contributed by atoms with Crippen molar-refractivity contribution in [2.45, 2.75) is 6.42 Å². The van der Waals surface area contributed by atoms with E-state index in [1.54, 1.807) is 24.3 Å². The number of primary amides is 1. The molecule has 0 radical (unpaired) electrons. The summed E-state index contributed by atoms with van der Waals surface area (Å²) in [5, 5.41) is 0.557. The van der Waals surface area contributed by atoms with Crippen molar-refractivity contribution in [2.75, 3.05) is 13.2 Å². The summed E-state index contributed by atoms with van der Waals surface area (Å²) in [6.45, 7) is -0.188. The number of benzene rings is 1. The smallest absolute Gasteiger partial charge is 0.246 e. The van der Waals surface area contributed by atoms with Crippen LogP contribution in [0.1, 0.15) is 6.42 Å². The Kier molecular flexibility index (Phi) is 5.96. The Bertz CT molecular complexity index is 425. The molecule has 0 atom stereocenters. The van der Waals surface area contributed by atoms with Crippen LogP contribution in [0.25, 0.3) is 0 Å². The lowest BCUT2D eigenvalue weighted by Crippen LogP contribution is -2.30. The van der Waals surface area contributed by atoms with Crippen LogP contribution in [0.3, 0.4) is 0 Å². The van der Waals surface area contributed by atoms with Gasteiger partial charge in [-0.3, -0.25) is 14.4 Å². The Morgan fingerprint density at radius 1 is 1.39 bits per heavy atom. The van der Waals surface area contributed by atoms with Crippen molar-refractivity contribution in [3.05, 3.63) is 29.3 Å². The minimum Gasteiger partial charge on any atom is -0.493 e. The molecule has 6 nitrogen and oxygen atoms in total. The van der Waals surface area contributed by atoms with Crippen LogP contribution >= 0.6 is 11.6 Å². The molecule has 0 spiro atoms. The minimum absolute atomic E-state index is 0.0886. The van der Waals surface area contributed by atoms with Gasteiger partial charge in [-0.25, -0.2) is 5.48 Å². The Hall–Kier alpha value is -1.79. The van der Waals surface area contributed by atoms with Crippen molar-refractivity contribution in [3.63, 3.8) is 0 Å². The molecule has 0 fully saturated rings. The molecule has 3 N–H and O–H groups in total. The zero-order valence-corrected chi connectivity index (χ0v) is 10.3. The highest BCUT2D eigenvalue weighted by molar-refractivity contribution is 6.30. The summed E-state index contributed by atoms with van der Waals surface area (Å²) in [6, 6.07) is 6.84. The van der Waals surface area contributed by atoms with Crippen LogP contribution in [0.2, 0.25) is 5.02 Å². The Morgan fingerprint density at radius 2 is 2.17 bits per heavy atom. The zero-order chi connectivity index (χ0) is 13.4. The second kappa shape index (κ2) is 7.52. The van der Waals surface area contributed by atoms with Gasteiger partial charge in [0, 0.05) is 5.02 Å². The van der Waals surface area contributed by atoms with E-state index in [1.807, 2.05) is 0 Å². The van der Waals surface area contributed by atoms with Crippen LogP contribution in [0.5, 0.6) is 5.75 Å². The highest BCUT2D eigenvalue weighted by Gasteiger charge is 2.03. The van der Waals surface area contributed by atoms with E-state index in [-0.39, 0.29) is 19.6 Å². The molecule has 18 heavy (non-hydrogen) atoms. The zero-order valence-electron chi connectivity index (χ0n) is 9.52. The number of ether oxygens (including phenoxy) is 1. The third-order valence-corrected chi connectivity index (χ3v) is 2.03. The van der Waals surface area contributed by atoms with Gasteiger partial charge in [-0.1, -0.05) is 17.7 Å². The molecule has 0 aliphatic heterocycles. The fourth-order valence-electron chi connectivity index (χ4n) is 1.06. The molecule has 0 saturated carbocycles. The predicted octanol–water partition coefficient (Wildman–Crippen LogP) is 0.642. The van der Waals surface area contributed by atoms with Crippen LogP contribution in [0.4, 0.5) is 0 Å². The number of carbonyl (C=O) groups is 2. The number of hydroxylamine groups is 1. The number of amides is 2. The van der Waals surface area contributed by atoms with Crippen molar-refractivity contribution in [1.82, 2.24) is 5.48 Å². The molecule has 2 amide bonds. The van der Waals surface area contributed by atoms with Crippen LogP contribution in [-0.4, -0.2) is 25.0 Å². The monoisotopic (exact) mass is 272 g/mol. The summed E-state index contributed by atoms with van der Waals surface area (Å²) in [5.41, 5.74) is 6.88. The summed E-state index contributed by atoms with van der Waals surface area (Å²) < 4.78 is 5.29. The van der Waals surface area contributed by atoms with Crippen molar-refractivity contribution >= 4 is 23.4 Å². The summed E-state index contributed by atoms with van der Waals surface area (Å²) >= 11 is 5.76. The summed E-state index contributed by atoms with van der Waals surface area (Å²) in [4.78, 5) is 26.0. The second-order valence-corrected chi connectivity index (χ2v) is 3.77. The molecular weight excluding hydrogens is 260 g/mol. The first-order valence-electron chi connectivity index (χ1n) is 5.15. The largest absolute Gasteiger partial charge is 0.493 e. The first-order chi connectivity index (χ1) is 8.58. The first kappa shape index (κ1) is 14.3. The molecule has 0 heterocycles. The lowest BCUT2D eigenvalue weighted by molar-refractivity contribution is -0.138. The van der Waals surface area contributed by atoms with E-state index in [1.165, 1.54) is 0 Å². The fourth-order valence-corrected chi connectivity index (χ4v) is 1.24. The highest BCUT2D eigenvalue weighted by atomic mass is 35.5. The van der Waals surface area contributed by atoms with Crippen LogP contribution < -0.4 is 16.0 Å². The fraction of sp³-hybridized carbons (Fsp3) is 0.273. The van der Waals surface area contributed by atoms with E-state index in [9.17, 15) is 9.59 Å². The van der Waals surface area contributed by atoms with Gasteiger partial charge in [0.15, 0.2) is 6.61 Å². The van der Waals surface area contributed by atoms with E-state index in [4.69, 9.17) is 22.1 Å². The van der Waals surface area contributed by atoms with Crippen LogP contribution in [0.15, 0.2) is 24.3 Å². The molecule has 7 heteroatoms. The molecule has 0 unspecified atom stereocenters. The number of hydrogen-bond acceptors (Lipinski definition) is 4. The third-order valence-electron chi connectivity index (χ3n) is 1.79. The lowest BCUT2D eigenvalue weighted by atomic mass is 10.3. The minimum atomic E-state index is -0.662. The van der Waals surface area contributed by atoms with Crippen LogP contribution in [0, 0.1) is 0 Å².